The Morgan fingerprint density at radius 1 is 1.25 bits per heavy atom. The molecule has 0 N–H and O–H groups in total. The molecule has 4 heteroatoms. The number of nitrogens with zero attached hydrogens (tertiary/aromatic N) is 3. The molecule has 1 heterocycles. The molecule has 0 atom stereocenters. The molecule has 0 saturated carbocycles. The monoisotopic (exact) mass is 233 g/mol. The van der Waals surface area contributed by atoms with Crippen LogP contribution in [0.15, 0.2) is 41.6 Å². The van der Waals surface area contributed by atoms with E-state index >= 15 is 0 Å². The number of aromatic nitrogens is 3. The fourth-order valence-electron chi connectivity index (χ4n) is 1.40. The van der Waals surface area contributed by atoms with E-state index in [1.165, 1.54) is 10.5 Å². The maximum Gasteiger partial charge on any atom is 0.0692 e. The first-order valence-corrected chi connectivity index (χ1v) is 6.37. The van der Waals surface area contributed by atoms with Gasteiger partial charge in [0.2, 0.25) is 0 Å². The first kappa shape index (κ1) is 11.2. The van der Waals surface area contributed by atoms with Gasteiger partial charge in [-0.3, -0.25) is 4.68 Å². The summed E-state index contributed by atoms with van der Waals surface area (Å²) in [5.74, 6) is 1.11. The van der Waals surface area contributed by atoms with Crippen molar-refractivity contribution in [2.75, 3.05) is 5.75 Å². The Balaban J connectivity index is 1.70. The first-order chi connectivity index (χ1) is 7.84. The summed E-state index contributed by atoms with van der Waals surface area (Å²) in [5, 5.41) is 7.70. The van der Waals surface area contributed by atoms with Gasteiger partial charge >= 0.3 is 0 Å². The molecule has 3 nitrogen and oxygen atoms in total. The lowest BCUT2D eigenvalue weighted by molar-refractivity contribution is 0.582. The van der Waals surface area contributed by atoms with Crippen LogP contribution in [0, 0.1) is 6.92 Å². The van der Waals surface area contributed by atoms with Crippen molar-refractivity contribution < 1.29 is 0 Å². The summed E-state index contributed by atoms with van der Waals surface area (Å²) in [6.45, 7) is 3.05. The second kappa shape index (κ2) is 5.70. The molecule has 0 unspecified atom stereocenters. The molecule has 0 spiro atoms. The van der Waals surface area contributed by atoms with Crippen LogP contribution in [0.3, 0.4) is 0 Å². The van der Waals surface area contributed by atoms with Gasteiger partial charge in [0.1, 0.15) is 0 Å². The van der Waals surface area contributed by atoms with Crippen LogP contribution in [0.5, 0.6) is 0 Å². The lowest BCUT2D eigenvalue weighted by atomic mass is 10.2. The Labute approximate surface area is 99.9 Å². The van der Waals surface area contributed by atoms with Crippen molar-refractivity contribution in [3.05, 3.63) is 42.2 Å². The first-order valence-electron chi connectivity index (χ1n) is 5.38. The van der Waals surface area contributed by atoms with Crippen molar-refractivity contribution in [2.45, 2.75) is 24.8 Å². The van der Waals surface area contributed by atoms with Gasteiger partial charge in [0, 0.05) is 17.6 Å². The molecule has 0 aliphatic heterocycles. The summed E-state index contributed by atoms with van der Waals surface area (Å²) in [6.07, 6.45) is 4.73. The van der Waals surface area contributed by atoms with Crippen LogP contribution in [0.2, 0.25) is 0 Å². The van der Waals surface area contributed by atoms with Gasteiger partial charge in [0.15, 0.2) is 0 Å². The van der Waals surface area contributed by atoms with Gasteiger partial charge in [-0.15, -0.1) is 16.9 Å². The second-order valence-corrected chi connectivity index (χ2v) is 4.85. The second-order valence-electron chi connectivity index (χ2n) is 3.68. The van der Waals surface area contributed by atoms with E-state index in [0.717, 1.165) is 18.7 Å². The Kier molecular flexibility index (Phi) is 3.99. The summed E-state index contributed by atoms with van der Waals surface area (Å²) < 4.78 is 1.87. The van der Waals surface area contributed by atoms with Crippen molar-refractivity contribution in [3.8, 4) is 0 Å². The Bertz CT molecular complexity index is 408. The van der Waals surface area contributed by atoms with Crippen LogP contribution in [-0.4, -0.2) is 20.7 Å². The minimum Gasteiger partial charge on any atom is -0.253 e. The Morgan fingerprint density at radius 3 is 2.75 bits per heavy atom. The van der Waals surface area contributed by atoms with Gasteiger partial charge in [-0.05, 0) is 31.2 Å². The molecule has 16 heavy (non-hydrogen) atoms. The van der Waals surface area contributed by atoms with E-state index in [0.29, 0.717) is 0 Å². The number of hydrogen-bond acceptors (Lipinski definition) is 3. The SMILES string of the molecule is Cc1ccc(SCCCn2ccnn2)cc1. The highest BCUT2D eigenvalue weighted by molar-refractivity contribution is 7.99. The maximum atomic E-state index is 3.93. The molecule has 0 fully saturated rings. The molecule has 1 aromatic carbocycles. The van der Waals surface area contributed by atoms with Crippen LogP contribution in [0.1, 0.15) is 12.0 Å². The van der Waals surface area contributed by atoms with Crippen LogP contribution < -0.4 is 0 Å². The van der Waals surface area contributed by atoms with Gasteiger partial charge in [0.05, 0.1) is 6.20 Å². The van der Waals surface area contributed by atoms with Crippen LogP contribution in [-0.2, 0) is 6.54 Å². The smallest absolute Gasteiger partial charge is 0.0692 e. The summed E-state index contributed by atoms with van der Waals surface area (Å²) >= 11 is 1.89. The van der Waals surface area contributed by atoms with Gasteiger partial charge in [0.25, 0.3) is 0 Å². The Hall–Kier alpha value is -1.29. The minimum atomic E-state index is 0.943. The normalized spacial score (nSPS) is 10.6. The lowest BCUT2D eigenvalue weighted by Gasteiger charge is -2.02. The quantitative estimate of drug-likeness (QED) is 0.587. The van der Waals surface area contributed by atoms with Crippen LogP contribution in [0.4, 0.5) is 0 Å². The van der Waals surface area contributed by atoms with Crippen molar-refractivity contribution in [1.82, 2.24) is 15.0 Å². The van der Waals surface area contributed by atoms with E-state index in [9.17, 15) is 0 Å². The third-order valence-electron chi connectivity index (χ3n) is 2.29. The average Bonchev–Trinajstić information content (AvgIpc) is 2.80. The van der Waals surface area contributed by atoms with Crippen LogP contribution >= 0.6 is 11.8 Å². The zero-order chi connectivity index (χ0) is 11.2. The molecule has 1 aromatic heterocycles. The summed E-state index contributed by atoms with van der Waals surface area (Å²) in [7, 11) is 0. The van der Waals surface area contributed by atoms with Crippen molar-refractivity contribution in [3.63, 3.8) is 0 Å². The topological polar surface area (TPSA) is 30.7 Å². The van der Waals surface area contributed by atoms with E-state index in [1.807, 2.05) is 22.6 Å². The standard InChI is InChI=1S/C12H15N3S/c1-11-3-5-12(6-4-11)16-10-2-8-15-9-7-13-14-15/h3-7,9H,2,8,10H2,1H3. The number of benzene rings is 1. The highest BCUT2D eigenvalue weighted by Gasteiger charge is 1.95. The molecule has 0 saturated heterocycles. The molecular weight excluding hydrogens is 218 g/mol. The molecule has 0 aliphatic rings. The van der Waals surface area contributed by atoms with Gasteiger partial charge < -0.3 is 0 Å². The minimum absolute atomic E-state index is 0.943. The van der Waals surface area contributed by atoms with Crippen molar-refractivity contribution in [2.24, 2.45) is 0 Å². The summed E-state index contributed by atoms with van der Waals surface area (Å²) in [6, 6.07) is 8.66. The largest absolute Gasteiger partial charge is 0.253 e. The third kappa shape index (κ3) is 3.38. The number of thioether (sulfide) groups is 1. The summed E-state index contributed by atoms with van der Waals surface area (Å²) in [5.41, 5.74) is 1.31. The van der Waals surface area contributed by atoms with E-state index in [-0.39, 0.29) is 0 Å². The van der Waals surface area contributed by atoms with E-state index in [1.54, 1.807) is 6.20 Å². The van der Waals surface area contributed by atoms with Crippen molar-refractivity contribution in [1.29, 1.82) is 0 Å². The molecule has 2 aromatic rings. The van der Waals surface area contributed by atoms with Crippen LogP contribution in [0.25, 0.3) is 0 Å². The fraction of sp³-hybridized carbons (Fsp3) is 0.333. The number of rotatable bonds is 5. The third-order valence-corrected chi connectivity index (χ3v) is 3.39. The molecule has 0 radical (unpaired) electrons. The maximum absolute atomic E-state index is 3.93. The average molecular weight is 233 g/mol. The molecular formula is C12H15N3S. The fourth-order valence-corrected chi connectivity index (χ4v) is 2.24. The zero-order valence-electron chi connectivity index (χ0n) is 9.34. The number of hydrogen-bond donors (Lipinski definition) is 0. The van der Waals surface area contributed by atoms with E-state index in [4.69, 9.17) is 0 Å². The van der Waals surface area contributed by atoms with Crippen molar-refractivity contribution >= 4 is 11.8 Å². The summed E-state index contributed by atoms with van der Waals surface area (Å²) in [4.78, 5) is 1.34. The van der Waals surface area contributed by atoms with E-state index < -0.39 is 0 Å². The molecule has 0 bridgehead atoms. The molecule has 0 amide bonds. The molecule has 2 rings (SSSR count). The van der Waals surface area contributed by atoms with Gasteiger partial charge in [-0.1, -0.05) is 22.9 Å². The Morgan fingerprint density at radius 2 is 2.06 bits per heavy atom. The molecule has 0 aliphatic carbocycles. The lowest BCUT2D eigenvalue weighted by Crippen LogP contribution is -1.99. The molecule has 84 valence electrons. The zero-order valence-corrected chi connectivity index (χ0v) is 10.2. The predicted molar refractivity (Wildman–Crippen MR) is 66.5 cm³/mol. The van der Waals surface area contributed by atoms with Gasteiger partial charge in [-0.25, -0.2) is 0 Å². The predicted octanol–water partition coefficient (Wildman–Crippen LogP) is 2.77. The number of aryl methyl sites for hydroxylation is 2. The highest BCUT2D eigenvalue weighted by atomic mass is 32.2. The van der Waals surface area contributed by atoms with Gasteiger partial charge in [-0.2, -0.15) is 0 Å². The van der Waals surface area contributed by atoms with E-state index in [2.05, 4.69) is 41.5 Å². The highest BCUT2D eigenvalue weighted by Crippen LogP contribution is 2.19.